The first-order valence-electron chi connectivity index (χ1n) is 15.5. The third-order valence-corrected chi connectivity index (χ3v) is 9.11. The minimum Gasteiger partial charge on any atom is -0.508 e. The molecule has 46 heavy (non-hydrogen) atoms. The van der Waals surface area contributed by atoms with E-state index in [1.165, 1.54) is 0 Å². The Bertz CT molecular complexity index is 1690. The number of hydrogen-bond acceptors (Lipinski definition) is 9. The standard InChI is InChI=1S/C37H40O9/c1-42-13-5-8-33-34(36(41)29-18-26(43-2)10-12-32(29)46-33)31-20-45-37-23(17-27(44-3)19-30(37)35(31)40)14-22-16-25(39)9-11-28(22)21-6-4-7-24(38)15-21/h4,6-7,9-12,15-19,31,33-36,38-41H,5,8,13-14,20H2,1-3H3. The van der Waals surface area contributed by atoms with Crippen molar-refractivity contribution in [3.63, 3.8) is 0 Å². The Morgan fingerprint density at radius 1 is 0.783 bits per heavy atom. The van der Waals surface area contributed by atoms with Gasteiger partial charge < -0.3 is 44.1 Å². The number of phenolic OH excluding ortho intramolecular Hbond substituents is 2. The lowest BCUT2D eigenvalue weighted by Gasteiger charge is -2.44. The highest BCUT2D eigenvalue weighted by Gasteiger charge is 2.47. The van der Waals surface area contributed by atoms with Crippen molar-refractivity contribution in [2.75, 3.05) is 34.5 Å². The smallest absolute Gasteiger partial charge is 0.128 e. The van der Waals surface area contributed by atoms with Gasteiger partial charge in [0.25, 0.3) is 0 Å². The highest BCUT2D eigenvalue weighted by molar-refractivity contribution is 5.70. The molecule has 4 aromatic rings. The number of rotatable bonds is 10. The van der Waals surface area contributed by atoms with Gasteiger partial charge in [-0.25, -0.2) is 0 Å². The molecule has 9 heteroatoms. The lowest BCUT2D eigenvalue weighted by molar-refractivity contribution is -0.0889. The maximum Gasteiger partial charge on any atom is 0.128 e. The van der Waals surface area contributed by atoms with Crippen molar-refractivity contribution < 1.29 is 44.1 Å². The van der Waals surface area contributed by atoms with E-state index in [1.807, 2.05) is 24.3 Å². The Morgan fingerprint density at radius 2 is 1.57 bits per heavy atom. The van der Waals surface area contributed by atoms with Crippen LogP contribution < -0.4 is 18.9 Å². The molecule has 0 amide bonds. The van der Waals surface area contributed by atoms with E-state index in [-0.39, 0.29) is 18.1 Å². The summed E-state index contributed by atoms with van der Waals surface area (Å²) < 4.78 is 29.3. The molecule has 0 aromatic heterocycles. The summed E-state index contributed by atoms with van der Waals surface area (Å²) in [4.78, 5) is 0. The number of ether oxygens (including phenoxy) is 5. The third-order valence-electron chi connectivity index (χ3n) is 9.11. The largest absolute Gasteiger partial charge is 0.508 e. The first-order valence-corrected chi connectivity index (χ1v) is 15.5. The van der Waals surface area contributed by atoms with Crippen molar-refractivity contribution in [2.24, 2.45) is 11.8 Å². The molecular weight excluding hydrogens is 588 g/mol. The van der Waals surface area contributed by atoms with E-state index in [0.717, 1.165) is 28.7 Å². The van der Waals surface area contributed by atoms with Gasteiger partial charge >= 0.3 is 0 Å². The van der Waals surface area contributed by atoms with Gasteiger partial charge in [0.1, 0.15) is 40.6 Å². The topological polar surface area (TPSA) is 127 Å². The molecule has 0 aliphatic carbocycles. The molecule has 0 fully saturated rings. The van der Waals surface area contributed by atoms with Crippen LogP contribution in [0.15, 0.2) is 72.8 Å². The Labute approximate surface area is 268 Å². The summed E-state index contributed by atoms with van der Waals surface area (Å²) in [5.41, 5.74) is 4.39. The molecule has 0 saturated heterocycles. The van der Waals surface area contributed by atoms with Gasteiger partial charge in [0.05, 0.1) is 33.0 Å². The lowest BCUT2D eigenvalue weighted by Crippen LogP contribution is -2.46. The molecule has 2 heterocycles. The molecule has 5 atom stereocenters. The average Bonchev–Trinajstić information content (AvgIpc) is 3.05. The van der Waals surface area contributed by atoms with Gasteiger partial charge in [-0.2, -0.15) is 0 Å². The second-order valence-corrected chi connectivity index (χ2v) is 11.9. The Balaban J connectivity index is 1.37. The number of benzene rings is 4. The van der Waals surface area contributed by atoms with E-state index in [0.29, 0.717) is 53.6 Å². The average molecular weight is 629 g/mol. The van der Waals surface area contributed by atoms with Gasteiger partial charge in [0, 0.05) is 48.7 Å². The summed E-state index contributed by atoms with van der Waals surface area (Å²) in [5.74, 6) is 1.55. The lowest BCUT2D eigenvalue weighted by atomic mass is 9.72. The quantitative estimate of drug-likeness (QED) is 0.158. The molecule has 0 bridgehead atoms. The van der Waals surface area contributed by atoms with E-state index in [2.05, 4.69) is 0 Å². The summed E-state index contributed by atoms with van der Waals surface area (Å²) in [6.45, 7) is 0.697. The molecular formula is C37H40O9. The van der Waals surface area contributed by atoms with Crippen molar-refractivity contribution in [2.45, 2.75) is 37.6 Å². The van der Waals surface area contributed by atoms with Gasteiger partial charge in [-0.1, -0.05) is 18.2 Å². The zero-order valence-electron chi connectivity index (χ0n) is 26.2. The molecule has 6 rings (SSSR count). The van der Waals surface area contributed by atoms with Crippen LogP contribution in [-0.4, -0.2) is 61.1 Å². The number of aliphatic hydroxyl groups excluding tert-OH is 2. The van der Waals surface area contributed by atoms with Crippen LogP contribution in [0.1, 0.15) is 47.3 Å². The second kappa shape index (κ2) is 13.5. The summed E-state index contributed by atoms with van der Waals surface area (Å²) >= 11 is 0. The number of phenols is 2. The number of methoxy groups -OCH3 is 3. The zero-order valence-corrected chi connectivity index (χ0v) is 26.2. The van der Waals surface area contributed by atoms with Crippen LogP contribution in [-0.2, 0) is 11.2 Å². The number of aliphatic hydroxyl groups is 2. The van der Waals surface area contributed by atoms with Crippen LogP contribution in [0.25, 0.3) is 11.1 Å². The predicted molar refractivity (Wildman–Crippen MR) is 172 cm³/mol. The molecule has 2 aliphatic rings. The van der Waals surface area contributed by atoms with Crippen molar-refractivity contribution in [1.82, 2.24) is 0 Å². The molecule has 9 nitrogen and oxygen atoms in total. The highest BCUT2D eigenvalue weighted by atomic mass is 16.5. The molecule has 0 saturated carbocycles. The van der Waals surface area contributed by atoms with Gasteiger partial charge in [-0.15, -0.1) is 0 Å². The van der Waals surface area contributed by atoms with Crippen LogP contribution in [0.4, 0.5) is 0 Å². The highest BCUT2D eigenvalue weighted by Crippen LogP contribution is 2.51. The van der Waals surface area contributed by atoms with Gasteiger partial charge in [0.15, 0.2) is 0 Å². The Morgan fingerprint density at radius 3 is 2.33 bits per heavy atom. The van der Waals surface area contributed by atoms with Crippen molar-refractivity contribution in [1.29, 1.82) is 0 Å². The maximum absolute atomic E-state index is 12.0. The minimum atomic E-state index is -0.993. The van der Waals surface area contributed by atoms with Crippen LogP contribution >= 0.6 is 0 Å². The second-order valence-electron chi connectivity index (χ2n) is 11.9. The third kappa shape index (κ3) is 6.18. The van der Waals surface area contributed by atoms with Crippen LogP contribution in [0.2, 0.25) is 0 Å². The summed E-state index contributed by atoms with van der Waals surface area (Å²) in [7, 11) is 4.80. The van der Waals surface area contributed by atoms with Crippen molar-refractivity contribution in [3.8, 4) is 45.6 Å². The summed E-state index contributed by atoms with van der Waals surface area (Å²) in [6.07, 6.45) is -0.614. The first-order chi connectivity index (χ1) is 22.3. The monoisotopic (exact) mass is 628 g/mol. The molecule has 2 aliphatic heterocycles. The van der Waals surface area contributed by atoms with Crippen molar-refractivity contribution >= 4 is 0 Å². The number of fused-ring (bicyclic) bond motifs is 2. The van der Waals surface area contributed by atoms with E-state index in [4.69, 9.17) is 23.7 Å². The predicted octanol–water partition coefficient (Wildman–Crippen LogP) is 5.95. The van der Waals surface area contributed by atoms with Gasteiger partial charge in [-0.05, 0) is 84.1 Å². The van der Waals surface area contributed by atoms with E-state index < -0.39 is 30.1 Å². The molecule has 0 spiro atoms. The molecule has 4 N–H and O–H groups in total. The maximum atomic E-state index is 12.0. The van der Waals surface area contributed by atoms with E-state index >= 15 is 0 Å². The fourth-order valence-electron chi connectivity index (χ4n) is 6.87. The van der Waals surface area contributed by atoms with Gasteiger partial charge in [-0.3, -0.25) is 0 Å². The first kappa shape index (κ1) is 31.5. The van der Waals surface area contributed by atoms with Crippen molar-refractivity contribution in [3.05, 3.63) is 95.1 Å². The molecule has 0 radical (unpaired) electrons. The van der Waals surface area contributed by atoms with Gasteiger partial charge in [0.2, 0.25) is 0 Å². The minimum absolute atomic E-state index is 0.111. The Kier molecular flexibility index (Phi) is 9.26. The fraction of sp³-hybridized carbons (Fsp3) is 0.351. The zero-order chi connectivity index (χ0) is 32.4. The van der Waals surface area contributed by atoms with Crippen LogP contribution in [0.3, 0.4) is 0 Å². The van der Waals surface area contributed by atoms with E-state index in [1.54, 1.807) is 69.9 Å². The van der Waals surface area contributed by atoms with Crippen LogP contribution in [0, 0.1) is 11.8 Å². The summed E-state index contributed by atoms with van der Waals surface area (Å²) in [6, 6.07) is 21.1. The fourth-order valence-corrected chi connectivity index (χ4v) is 6.87. The number of hydrogen-bond donors (Lipinski definition) is 4. The Hall–Kier alpha value is -4.44. The SMILES string of the molecule is COCCCC1Oc2ccc(OC)cc2C(O)C1C1COc2c(Cc3cc(O)ccc3-c3cccc(O)c3)cc(OC)cc2C1O. The molecule has 242 valence electrons. The molecule has 5 unspecified atom stereocenters. The number of aromatic hydroxyl groups is 2. The van der Waals surface area contributed by atoms with E-state index in [9.17, 15) is 20.4 Å². The summed E-state index contributed by atoms with van der Waals surface area (Å²) in [5, 5.41) is 44.4. The van der Waals surface area contributed by atoms with Crippen LogP contribution in [0.5, 0.6) is 34.5 Å². The molecule has 4 aromatic carbocycles. The normalized spacial score (nSPS) is 21.8.